The summed E-state index contributed by atoms with van der Waals surface area (Å²) < 4.78 is 5.91. The third kappa shape index (κ3) is 3.74. The average molecular weight is 309 g/mol. The van der Waals surface area contributed by atoms with E-state index < -0.39 is 0 Å². The zero-order valence-corrected chi connectivity index (χ0v) is 13.3. The number of carbonyl (C=O) groups is 1. The van der Waals surface area contributed by atoms with Gasteiger partial charge in [0.15, 0.2) is 0 Å². The molecule has 3 heterocycles. The highest BCUT2D eigenvalue weighted by Crippen LogP contribution is 2.24. The quantitative estimate of drug-likeness (QED) is 0.857. The number of likely N-dealkylation sites (tertiary alicyclic amines) is 2. The summed E-state index contributed by atoms with van der Waals surface area (Å²) in [7, 11) is 0. The number of amides is 1. The Hall–Kier alpha value is -1.14. The van der Waals surface area contributed by atoms with Crippen molar-refractivity contribution in [2.45, 2.75) is 44.8 Å². The molecule has 5 nitrogen and oxygen atoms in total. The molecule has 3 rings (SSSR count). The summed E-state index contributed by atoms with van der Waals surface area (Å²) in [5.74, 6) is 0.212. The lowest BCUT2D eigenvalue weighted by atomic mass is 9.99. The summed E-state index contributed by atoms with van der Waals surface area (Å²) in [5, 5.41) is 2.75. The minimum atomic E-state index is 0.212. The highest BCUT2D eigenvalue weighted by atomic mass is 32.1. The zero-order valence-electron chi connectivity index (χ0n) is 12.5. The highest BCUT2D eigenvalue weighted by Gasteiger charge is 2.29. The Morgan fingerprint density at radius 2 is 1.95 bits per heavy atom. The van der Waals surface area contributed by atoms with Gasteiger partial charge in [0.25, 0.3) is 5.19 Å². The molecule has 0 bridgehead atoms. The highest BCUT2D eigenvalue weighted by molar-refractivity contribution is 7.11. The van der Waals surface area contributed by atoms with Crippen LogP contribution < -0.4 is 4.74 Å². The van der Waals surface area contributed by atoms with E-state index in [4.69, 9.17) is 4.74 Å². The van der Waals surface area contributed by atoms with E-state index >= 15 is 0 Å². The Kier molecular flexibility index (Phi) is 4.75. The molecule has 0 N–H and O–H groups in total. The van der Waals surface area contributed by atoms with Crippen molar-refractivity contribution in [1.82, 2.24) is 14.8 Å². The molecule has 0 aliphatic carbocycles. The van der Waals surface area contributed by atoms with Crippen LogP contribution in [0.1, 0.15) is 32.6 Å². The van der Waals surface area contributed by atoms with Crippen LogP contribution in [0, 0.1) is 0 Å². The van der Waals surface area contributed by atoms with Crippen LogP contribution >= 0.6 is 11.3 Å². The molecule has 0 radical (unpaired) electrons. The first-order valence-corrected chi connectivity index (χ1v) is 8.66. The number of carbonyl (C=O) groups excluding carboxylic acids is 1. The fourth-order valence-electron chi connectivity index (χ4n) is 3.32. The second-order valence-electron chi connectivity index (χ2n) is 5.89. The van der Waals surface area contributed by atoms with Crippen LogP contribution in [0.15, 0.2) is 11.6 Å². The predicted molar refractivity (Wildman–Crippen MR) is 82.6 cm³/mol. The first-order chi connectivity index (χ1) is 10.2. The van der Waals surface area contributed by atoms with Gasteiger partial charge in [-0.05, 0) is 25.7 Å². The van der Waals surface area contributed by atoms with Crippen LogP contribution in [0.3, 0.4) is 0 Å². The Morgan fingerprint density at radius 3 is 2.52 bits per heavy atom. The Bertz CT molecular complexity index is 449. The van der Waals surface area contributed by atoms with Crippen molar-refractivity contribution in [1.29, 1.82) is 0 Å². The first kappa shape index (κ1) is 14.8. The average Bonchev–Trinajstić information content (AvgIpc) is 3.01. The van der Waals surface area contributed by atoms with Crippen molar-refractivity contribution in [2.75, 3.05) is 26.2 Å². The molecule has 0 saturated carbocycles. The molecule has 0 atom stereocenters. The van der Waals surface area contributed by atoms with E-state index in [0.29, 0.717) is 12.1 Å². The van der Waals surface area contributed by atoms with Gasteiger partial charge in [0.2, 0.25) is 5.91 Å². The molecule has 2 fully saturated rings. The SMILES string of the molecule is CC(=O)N1CCC(N2CCC(Oc3nccs3)CC2)CC1. The minimum Gasteiger partial charge on any atom is -0.467 e. The topological polar surface area (TPSA) is 45.7 Å². The maximum atomic E-state index is 11.4. The summed E-state index contributed by atoms with van der Waals surface area (Å²) in [4.78, 5) is 20.1. The summed E-state index contributed by atoms with van der Waals surface area (Å²) in [5.41, 5.74) is 0. The van der Waals surface area contributed by atoms with Crippen LogP contribution in [0.2, 0.25) is 0 Å². The predicted octanol–water partition coefficient (Wildman–Crippen LogP) is 2.00. The summed E-state index contributed by atoms with van der Waals surface area (Å²) in [6.07, 6.45) is 6.47. The molecule has 2 aliphatic heterocycles. The lowest BCUT2D eigenvalue weighted by Crippen LogP contribution is -2.49. The molecular formula is C15H23N3O2S. The standard InChI is InChI=1S/C15H23N3O2S/c1-12(19)17-7-2-13(3-8-17)18-9-4-14(5-10-18)20-15-16-6-11-21-15/h6,11,13-14H,2-5,7-10H2,1H3. The van der Waals surface area contributed by atoms with Crippen molar-refractivity contribution >= 4 is 17.2 Å². The van der Waals surface area contributed by atoms with Crippen molar-refractivity contribution < 1.29 is 9.53 Å². The van der Waals surface area contributed by atoms with Gasteiger partial charge in [-0.15, -0.1) is 0 Å². The smallest absolute Gasteiger partial charge is 0.273 e. The lowest BCUT2D eigenvalue weighted by molar-refractivity contribution is -0.130. The summed E-state index contributed by atoms with van der Waals surface area (Å²) >= 11 is 1.56. The van der Waals surface area contributed by atoms with Crippen LogP contribution in [-0.2, 0) is 4.79 Å². The maximum Gasteiger partial charge on any atom is 0.273 e. The normalized spacial score (nSPS) is 22.4. The van der Waals surface area contributed by atoms with Gasteiger partial charge in [0.1, 0.15) is 6.10 Å². The molecule has 21 heavy (non-hydrogen) atoms. The van der Waals surface area contributed by atoms with Gasteiger partial charge in [0.05, 0.1) is 0 Å². The largest absolute Gasteiger partial charge is 0.467 e. The molecule has 1 aromatic rings. The van der Waals surface area contributed by atoms with Crippen molar-refractivity contribution in [3.05, 3.63) is 11.6 Å². The van der Waals surface area contributed by atoms with E-state index in [1.54, 1.807) is 24.5 Å². The van der Waals surface area contributed by atoms with E-state index in [9.17, 15) is 4.79 Å². The monoisotopic (exact) mass is 309 g/mol. The number of ether oxygens (including phenoxy) is 1. The van der Waals surface area contributed by atoms with Gasteiger partial charge >= 0.3 is 0 Å². The second-order valence-corrected chi connectivity index (χ2v) is 6.75. The molecule has 0 unspecified atom stereocenters. The van der Waals surface area contributed by atoms with Crippen molar-refractivity contribution in [3.63, 3.8) is 0 Å². The first-order valence-electron chi connectivity index (χ1n) is 7.78. The summed E-state index contributed by atoms with van der Waals surface area (Å²) in [6, 6.07) is 0.640. The van der Waals surface area contributed by atoms with Crippen LogP contribution in [0.25, 0.3) is 0 Å². The molecule has 116 valence electrons. The van der Waals surface area contributed by atoms with E-state index in [1.165, 1.54) is 0 Å². The number of thiazole rings is 1. The van der Waals surface area contributed by atoms with Gasteiger partial charge in [-0.1, -0.05) is 11.3 Å². The number of nitrogens with zero attached hydrogens (tertiary/aromatic N) is 3. The molecule has 1 aromatic heterocycles. The Labute approximate surface area is 129 Å². The van der Waals surface area contributed by atoms with E-state index in [1.807, 2.05) is 10.3 Å². The minimum absolute atomic E-state index is 0.212. The van der Waals surface area contributed by atoms with Crippen LogP contribution in [0.4, 0.5) is 0 Å². The third-order valence-electron chi connectivity index (χ3n) is 4.58. The van der Waals surface area contributed by atoms with E-state index in [2.05, 4.69) is 9.88 Å². The number of hydrogen-bond acceptors (Lipinski definition) is 5. The molecule has 2 saturated heterocycles. The number of piperidine rings is 2. The van der Waals surface area contributed by atoms with Crippen molar-refractivity contribution in [3.8, 4) is 5.19 Å². The van der Waals surface area contributed by atoms with Crippen LogP contribution in [0.5, 0.6) is 5.19 Å². The van der Waals surface area contributed by atoms with Gasteiger partial charge in [-0.3, -0.25) is 9.69 Å². The molecule has 1 amide bonds. The number of hydrogen-bond donors (Lipinski definition) is 0. The molecule has 2 aliphatic rings. The van der Waals surface area contributed by atoms with E-state index in [-0.39, 0.29) is 5.91 Å². The number of aromatic nitrogens is 1. The van der Waals surface area contributed by atoms with Crippen LogP contribution in [-0.4, -0.2) is 59.0 Å². The van der Waals surface area contributed by atoms with Gasteiger partial charge in [-0.25, -0.2) is 4.98 Å². The van der Waals surface area contributed by atoms with Gasteiger partial charge in [-0.2, -0.15) is 0 Å². The molecule has 0 spiro atoms. The Balaban J connectivity index is 1.43. The second kappa shape index (κ2) is 6.75. The maximum absolute atomic E-state index is 11.4. The van der Waals surface area contributed by atoms with Gasteiger partial charge < -0.3 is 9.64 Å². The third-order valence-corrected chi connectivity index (χ3v) is 5.24. The van der Waals surface area contributed by atoms with E-state index in [0.717, 1.165) is 57.1 Å². The zero-order chi connectivity index (χ0) is 14.7. The number of rotatable bonds is 3. The molecular weight excluding hydrogens is 286 g/mol. The molecule has 0 aromatic carbocycles. The fraction of sp³-hybridized carbons (Fsp3) is 0.733. The fourth-order valence-corrected chi connectivity index (χ4v) is 3.87. The summed E-state index contributed by atoms with van der Waals surface area (Å²) in [6.45, 7) is 5.69. The Morgan fingerprint density at radius 1 is 1.24 bits per heavy atom. The lowest BCUT2D eigenvalue weighted by Gasteiger charge is -2.41. The van der Waals surface area contributed by atoms with Gasteiger partial charge in [0, 0.05) is 50.7 Å². The van der Waals surface area contributed by atoms with Crippen molar-refractivity contribution in [2.24, 2.45) is 0 Å². The molecule has 6 heteroatoms.